The molecule has 140 valence electrons. The van der Waals surface area contributed by atoms with Crippen molar-refractivity contribution < 1.29 is 9.59 Å². The van der Waals surface area contributed by atoms with Gasteiger partial charge < -0.3 is 10.6 Å². The summed E-state index contributed by atoms with van der Waals surface area (Å²) in [6, 6.07) is 15.3. The normalized spacial score (nSPS) is 11.4. The van der Waals surface area contributed by atoms with Gasteiger partial charge in [0.25, 0.3) is 5.91 Å². The highest BCUT2D eigenvalue weighted by molar-refractivity contribution is 7.21. The molecule has 0 bridgehead atoms. The van der Waals surface area contributed by atoms with E-state index in [1.165, 1.54) is 16.9 Å². The summed E-state index contributed by atoms with van der Waals surface area (Å²) in [6.45, 7) is 6.28. The maximum Gasteiger partial charge on any atom is 0.263 e. The van der Waals surface area contributed by atoms with Crippen LogP contribution >= 0.6 is 22.9 Å². The van der Waals surface area contributed by atoms with Crippen molar-refractivity contribution in [2.75, 3.05) is 11.9 Å². The first kappa shape index (κ1) is 19.4. The molecule has 2 amide bonds. The maximum absolute atomic E-state index is 12.4. The Labute approximate surface area is 167 Å². The number of benzene rings is 2. The minimum absolute atomic E-state index is 0.0556. The fraction of sp³-hybridized carbons (Fsp3) is 0.238. The standard InChI is InChI=1S/C21H21ClN2O2S/c1-21(2,3)13-8-10-14(11-9-13)24-17(25)12-23-20(26)19-18(22)15-6-4-5-7-16(15)27-19/h4-11H,12H2,1-3H3,(H,23,26)(H,24,25). The van der Waals surface area contributed by atoms with Gasteiger partial charge in [0, 0.05) is 15.8 Å². The molecule has 0 aliphatic rings. The van der Waals surface area contributed by atoms with E-state index in [4.69, 9.17) is 11.6 Å². The van der Waals surface area contributed by atoms with Gasteiger partial charge in [-0.25, -0.2) is 0 Å². The lowest BCUT2D eigenvalue weighted by Crippen LogP contribution is -2.32. The van der Waals surface area contributed by atoms with Gasteiger partial charge in [0.15, 0.2) is 0 Å². The average Bonchev–Trinajstić information content (AvgIpc) is 2.97. The van der Waals surface area contributed by atoms with Crippen LogP contribution in [0.5, 0.6) is 0 Å². The van der Waals surface area contributed by atoms with Crippen LogP contribution in [0.25, 0.3) is 10.1 Å². The van der Waals surface area contributed by atoms with E-state index in [2.05, 4.69) is 31.4 Å². The lowest BCUT2D eigenvalue weighted by molar-refractivity contribution is -0.115. The Balaban J connectivity index is 1.60. The van der Waals surface area contributed by atoms with Gasteiger partial charge in [-0.05, 0) is 29.2 Å². The quantitative estimate of drug-likeness (QED) is 0.630. The summed E-state index contributed by atoms with van der Waals surface area (Å²) in [5.74, 6) is -0.636. The van der Waals surface area contributed by atoms with E-state index in [0.29, 0.717) is 15.6 Å². The minimum atomic E-state index is -0.348. The first-order chi connectivity index (χ1) is 12.8. The van der Waals surface area contributed by atoms with E-state index >= 15 is 0 Å². The van der Waals surface area contributed by atoms with Crippen LogP contribution in [0.1, 0.15) is 36.0 Å². The Hall–Kier alpha value is -2.37. The Kier molecular flexibility index (Phi) is 5.53. The van der Waals surface area contributed by atoms with Gasteiger partial charge in [-0.2, -0.15) is 0 Å². The molecular formula is C21H21ClN2O2S. The van der Waals surface area contributed by atoms with Crippen molar-refractivity contribution in [2.24, 2.45) is 0 Å². The highest BCUT2D eigenvalue weighted by Crippen LogP contribution is 2.34. The van der Waals surface area contributed by atoms with Crippen LogP contribution in [0.2, 0.25) is 5.02 Å². The van der Waals surface area contributed by atoms with Gasteiger partial charge in [-0.15, -0.1) is 11.3 Å². The summed E-state index contributed by atoms with van der Waals surface area (Å²) in [5, 5.41) is 6.68. The number of hydrogen-bond acceptors (Lipinski definition) is 3. The monoisotopic (exact) mass is 400 g/mol. The van der Waals surface area contributed by atoms with Gasteiger partial charge in [-0.1, -0.05) is 62.7 Å². The number of nitrogens with one attached hydrogen (secondary N) is 2. The molecule has 0 saturated carbocycles. The molecule has 2 aromatic carbocycles. The second-order valence-corrected chi connectivity index (χ2v) is 8.73. The SMILES string of the molecule is CC(C)(C)c1ccc(NC(=O)CNC(=O)c2sc3ccccc3c2Cl)cc1. The predicted molar refractivity (Wildman–Crippen MR) is 113 cm³/mol. The van der Waals surface area contributed by atoms with Gasteiger partial charge in [0.05, 0.1) is 11.6 Å². The molecule has 1 aromatic heterocycles. The largest absolute Gasteiger partial charge is 0.342 e. The van der Waals surface area contributed by atoms with Gasteiger partial charge in [0.2, 0.25) is 5.91 Å². The highest BCUT2D eigenvalue weighted by Gasteiger charge is 2.17. The zero-order valence-electron chi connectivity index (χ0n) is 15.4. The lowest BCUT2D eigenvalue weighted by atomic mass is 9.87. The van der Waals surface area contributed by atoms with E-state index in [1.807, 2.05) is 48.5 Å². The summed E-state index contributed by atoms with van der Waals surface area (Å²) in [7, 11) is 0. The number of carbonyl (C=O) groups excluding carboxylic acids is 2. The van der Waals surface area contributed by atoms with E-state index in [0.717, 1.165) is 10.1 Å². The van der Waals surface area contributed by atoms with Crippen molar-refractivity contribution in [3.8, 4) is 0 Å². The second kappa shape index (κ2) is 7.71. The van der Waals surface area contributed by atoms with Crippen molar-refractivity contribution in [1.82, 2.24) is 5.32 Å². The van der Waals surface area contributed by atoms with Crippen LogP contribution in [0.15, 0.2) is 48.5 Å². The molecule has 0 radical (unpaired) electrons. The van der Waals surface area contributed by atoms with Gasteiger partial charge in [0.1, 0.15) is 4.88 Å². The molecule has 0 saturated heterocycles. The second-order valence-electron chi connectivity index (χ2n) is 7.30. The zero-order valence-corrected chi connectivity index (χ0v) is 17.0. The Bertz CT molecular complexity index is 988. The Morgan fingerprint density at radius 1 is 1.04 bits per heavy atom. The zero-order chi connectivity index (χ0) is 19.6. The molecule has 0 fully saturated rings. The fourth-order valence-corrected chi connectivity index (χ4v) is 4.09. The first-order valence-electron chi connectivity index (χ1n) is 8.61. The number of amides is 2. The summed E-state index contributed by atoms with van der Waals surface area (Å²) < 4.78 is 0.941. The number of thiophene rings is 1. The Morgan fingerprint density at radius 2 is 1.70 bits per heavy atom. The van der Waals surface area contributed by atoms with Crippen molar-refractivity contribution in [3.63, 3.8) is 0 Å². The number of hydrogen-bond donors (Lipinski definition) is 2. The smallest absolute Gasteiger partial charge is 0.263 e. The van der Waals surface area contributed by atoms with Crippen molar-refractivity contribution in [3.05, 3.63) is 64.0 Å². The number of anilines is 1. The van der Waals surface area contributed by atoms with Crippen LogP contribution in [-0.4, -0.2) is 18.4 Å². The van der Waals surface area contributed by atoms with Crippen LogP contribution in [-0.2, 0) is 10.2 Å². The van der Waals surface area contributed by atoms with Gasteiger partial charge in [-0.3, -0.25) is 9.59 Å². The van der Waals surface area contributed by atoms with Crippen LogP contribution in [0.4, 0.5) is 5.69 Å². The third-order valence-corrected chi connectivity index (χ3v) is 5.86. The third kappa shape index (κ3) is 4.49. The molecule has 3 aromatic rings. The molecule has 4 nitrogen and oxygen atoms in total. The van der Waals surface area contributed by atoms with Crippen LogP contribution in [0.3, 0.4) is 0 Å². The summed E-state index contributed by atoms with van der Waals surface area (Å²) in [5.41, 5.74) is 1.94. The lowest BCUT2D eigenvalue weighted by Gasteiger charge is -2.19. The molecule has 0 atom stereocenters. The van der Waals surface area contributed by atoms with Crippen molar-refractivity contribution in [1.29, 1.82) is 0 Å². The molecule has 0 aliphatic heterocycles. The minimum Gasteiger partial charge on any atom is -0.342 e. The molecule has 27 heavy (non-hydrogen) atoms. The topological polar surface area (TPSA) is 58.2 Å². The molecule has 2 N–H and O–H groups in total. The number of carbonyl (C=O) groups is 2. The molecule has 1 heterocycles. The van der Waals surface area contributed by atoms with Crippen LogP contribution < -0.4 is 10.6 Å². The summed E-state index contributed by atoms with van der Waals surface area (Å²) >= 11 is 7.61. The van der Waals surface area contributed by atoms with Crippen molar-refractivity contribution in [2.45, 2.75) is 26.2 Å². The first-order valence-corrected chi connectivity index (χ1v) is 9.81. The van der Waals surface area contributed by atoms with E-state index in [-0.39, 0.29) is 23.8 Å². The molecule has 0 spiro atoms. The van der Waals surface area contributed by atoms with Crippen molar-refractivity contribution >= 4 is 50.5 Å². The predicted octanol–water partition coefficient (Wildman–Crippen LogP) is 5.22. The molecule has 6 heteroatoms. The third-order valence-electron chi connectivity index (χ3n) is 4.19. The molecule has 0 unspecified atom stereocenters. The molecule has 3 rings (SSSR count). The molecular weight excluding hydrogens is 380 g/mol. The van der Waals surface area contributed by atoms with E-state index < -0.39 is 0 Å². The maximum atomic E-state index is 12.4. The number of halogens is 1. The van der Waals surface area contributed by atoms with Crippen LogP contribution in [0, 0.1) is 0 Å². The Morgan fingerprint density at radius 3 is 2.33 bits per heavy atom. The van der Waals surface area contributed by atoms with E-state index in [9.17, 15) is 9.59 Å². The summed E-state index contributed by atoms with van der Waals surface area (Å²) in [4.78, 5) is 24.9. The number of fused-ring (bicyclic) bond motifs is 1. The number of rotatable bonds is 4. The summed E-state index contributed by atoms with van der Waals surface area (Å²) in [6.07, 6.45) is 0. The highest BCUT2D eigenvalue weighted by atomic mass is 35.5. The molecule has 0 aliphatic carbocycles. The van der Waals surface area contributed by atoms with Gasteiger partial charge >= 0.3 is 0 Å². The fourth-order valence-electron chi connectivity index (χ4n) is 2.66. The van der Waals surface area contributed by atoms with E-state index in [1.54, 1.807) is 0 Å². The average molecular weight is 401 g/mol.